The van der Waals surface area contributed by atoms with Gasteiger partial charge in [0.1, 0.15) is 5.84 Å². The Morgan fingerprint density at radius 2 is 2.24 bits per heavy atom. The lowest BCUT2D eigenvalue weighted by Crippen LogP contribution is -2.41. The quantitative estimate of drug-likeness (QED) is 0.361. The van der Waals surface area contributed by atoms with Crippen molar-refractivity contribution in [2.45, 2.75) is 39.0 Å². The minimum atomic E-state index is -0.209. The van der Waals surface area contributed by atoms with E-state index in [0.717, 1.165) is 19.3 Å². The SMILES string of the molecule is CCC(C1=CC=C(Br)CC1)(C(N)=NO)C1CC1. The van der Waals surface area contributed by atoms with Crippen LogP contribution in [0.5, 0.6) is 0 Å². The first-order chi connectivity index (χ1) is 8.15. The number of amidine groups is 1. The molecule has 94 valence electrons. The minimum absolute atomic E-state index is 0.209. The lowest BCUT2D eigenvalue weighted by molar-refractivity contribution is 0.298. The van der Waals surface area contributed by atoms with E-state index >= 15 is 0 Å². The van der Waals surface area contributed by atoms with Gasteiger partial charge >= 0.3 is 0 Å². The summed E-state index contributed by atoms with van der Waals surface area (Å²) in [5.41, 5.74) is 7.11. The Morgan fingerprint density at radius 3 is 2.65 bits per heavy atom. The van der Waals surface area contributed by atoms with Crippen LogP contribution in [0.2, 0.25) is 0 Å². The van der Waals surface area contributed by atoms with Crippen LogP contribution in [-0.2, 0) is 0 Å². The van der Waals surface area contributed by atoms with Gasteiger partial charge in [0.15, 0.2) is 0 Å². The van der Waals surface area contributed by atoms with Crippen LogP contribution in [0.25, 0.3) is 0 Å². The van der Waals surface area contributed by atoms with E-state index in [9.17, 15) is 0 Å². The molecule has 1 saturated carbocycles. The van der Waals surface area contributed by atoms with Crippen molar-refractivity contribution in [3.63, 3.8) is 0 Å². The zero-order valence-corrected chi connectivity index (χ0v) is 11.7. The van der Waals surface area contributed by atoms with Crippen molar-refractivity contribution in [2.24, 2.45) is 22.2 Å². The number of halogens is 1. The van der Waals surface area contributed by atoms with Gasteiger partial charge < -0.3 is 10.9 Å². The van der Waals surface area contributed by atoms with Gasteiger partial charge in [-0.25, -0.2) is 0 Å². The molecule has 0 spiro atoms. The van der Waals surface area contributed by atoms with Crippen molar-refractivity contribution in [3.8, 4) is 0 Å². The fourth-order valence-corrected chi connectivity index (χ4v) is 3.31. The van der Waals surface area contributed by atoms with E-state index in [1.165, 1.54) is 22.9 Å². The van der Waals surface area contributed by atoms with E-state index < -0.39 is 0 Å². The van der Waals surface area contributed by atoms with Crippen LogP contribution >= 0.6 is 15.9 Å². The largest absolute Gasteiger partial charge is 0.409 e. The van der Waals surface area contributed by atoms with Gasteiger partial charge in [-0.3, -0.25) is 0 Å². The minimum Gasteiger partial charge on any atom is -0.409 e. The molecule has 1 unspecified atom stereocenters. The fourth-order valence-electron chi connectivity index (χ4n) is 2.98. The Balaban J connectivity index is 2.40. The smallest absolute Gasteiger partial charge is 0.149 e. The maximum absolute atomic E-state index is 9.07. The molecule has 0 heterocycles. The Bertz CT molecular complexity index is 396. The summed E-state index contributed by atoms with van der Waals surface area (Å²) in [6.07, 6.45) is 9.53. The number of oxime groups is 1. The molecule has 2 rings (SSSR count). The molecule has 0 aromatic heterocycles. The third-order valence-electron chi connectivity index (χ3n) is 4.07. The summed E-state index contributed by atoms with van der Waals surface area (Å²) in [6, 6.07) is 0. The van der Waals surface area contributed by atoms with Gasteiger partial charge in [0, 0.05) is 0 Å². The van der Waals surface area contributed by atoms with Crippen LogP contribution in [-0.4, -0.2) is 11.0 Å². The van der Waals surface area contributed by atoms with Gasteiger partial charge in [-0.05, 0) is 42.5 Å². The summed E-state index contributed by atoms with van der Waals surface area (Å²) in [6.45, 7) is 2.13. The highest BCUT2D eigenvalue weighted by Gasteiger charge is 2.49. The van der Waals surface area contributed by atoms with Crippen molar-refractivity contribution in [1.82, 2.24) is 0 Å². The second-order valence-electron chi connectivity index (χ2n) is 4.89. The first-order valence-corrected chi connectivity index (χ1v) is 6.98. The second kappa shape index (κ2) is 4.84. The topological polar surface area (TPSA) is 58.6 Å². The Labute approximate surface area is 111 Å². The summed E-state index contributed by atoms with van der Waals surface area (Å²) >= 11 is 3.52. The third kappa shape index (κ3) is 2.15. The Morgan fingerprint density at radius 1 is 1.53 bits per heavy atom. The van der Waals surface area contributed by atoms with Crippen molar-refractivity contribution >= 4 is 21.8 Å². The summed E-state index contributed by atoms with van der Waals surface area (Å²) in [4.78, 5) is 0. The van der Waals surface area contributed by atoms with E-state index in [0.29, 0.717) is 11.8 Å². The molecule has 0 saturated heterocycles. The van der Waals surface area contributed by atoms with E-state index in [2.05, 4.69) is 40.2 Å². The lowest BCUT2D eigenvalue weighted by atomic mass is 9.70. The molecule has 2 aliphatic carbocycles. The van der Waals surface area contributed by atoms with Gasteiger partial charge in [-0.2, -0.15) is 0 Å². The lowest BCUT2D eigenvalue weighted by Gasteiger charge is -2.35. The standard InChI is InChI=1S/C13H19BrN2O/c1-2-13(9-3-4-9,12(15)16-17)10-5-7-11(14)8-6-10/h5,7,9,17H,2-4,6,8H2,1H3,(H2,15,16). The summed E-state index contributed by atoms with van der Waals surface area (Å²) in [7, 11) is 0. The predicted octanol–water partition coefficient (Wildman–Crippen LogP) is 3.54. The van der Waals surface area contributed by atoms with E-state index in [4.69, 9.17) is 10.9 Å². The Kier molecular flexibility index (Phi) is 3.61. The predicted molar refractivity (Wildman–Crippen MR) is 73.2 cm³/mol. The molecule has 4 heteroatoms. The maximum Gasteiger partial charge on any atom is 0.149 e. The molecule has 17 heavy (non-hydrogen) atoms. The molecule has 3 nitrogen and oxygen atoms in total. The van der Waals surface area contributed by atoms with E-state index in [-0.39, 0.29) is 5.41 Å². The highest BCUT2D eigenvalue weighted by molar-refractivity contribution is 9.11. The number of rotatable bonds is 4. The average molecular weight is 299 g/mol. The molecule has 0 aromatic carbocycles. The fraction of sp³-hybridized carbons (Fsp3) is 0.615. The number of hydrogen-bond donors (Lipinski definition) is 2. The first kappa shape index (κ1) is 12.7. The zero-order valence-electron chi connectivity index (χ0n) is 10.1. The van der Waals surface area contributed by atoms with Crippen LogP contribution in [0.4, 0.5) is 0 Å². The Hall–Kier alpha value is -0.770. The van der Waals surface area contributed by atoms with Crippen molar-refractivity contribution < 1.29 is 5.21 Å². The second-order valence-corrected chi connectivity index (χ2v) is 5.91. The van der Waals surface area contributed by atoms with Gasteiger partial charge in [-0.1, -0.05) is 45.7 Å². The van der Waals surface area contributed by atoms with E-state index in [1.54, 1.807) is 0 Å². The van der Waals surface area contributed by atoms with Crippen molar-refractivity contribution in [3.05, 3.63) is 22.2 Å². The van der Waals surface area contributed by atoms with Crippen LogP contribution in [0.3, 0.4) is 0 Å². The third-order valence-corrected chi connectivity index (χ3v) is 4.73. The number of hydrogen-bond acceptors (Lipinski definition) is 2. The van der Waals surface area contributed by atoms with Gasteiger partial charge in [-0.15, -0.1) is 0 Å². The summed E-state index contributed by atoms with van der Waals surface area (Å²) < 4.78 is 1.22. The summed E-state index contributed by atoms with van der Waals surface area (Å²) in [5.74, 6) is 0.945. The van der Waals surface area contributed by atoms with Gasteiger partial charge in [0.25, 0.3) is 0 Å². The van der Waals surface area contributed by atoms with Crippen LogP contribution in [0, 0.1) is 11.3 Å². The normalized spacial score (nSPS) is 24.9. The molecular weight excluding hydrogens is 280 g/mol. The van der Waals surface area contributed by atoms with Gasteiger partial charge in [0.2, 0.25) is 0 Å². The number of nitrogens with zero attached hydrogens (tertiary/aromatic N) is 1. The van der Waals surface area contributed by atoms with Crippen LogP contribution < -0.4 is 5.73 Å². The molecule has 2 aliphatic rings. The van der Waals surface area contributed by atoms with Gasteiger partial charge in [0.05, 0.1) is 5.41 Å². The monoisotopic (exact) mass is 298 g/mol. The molecule has 0 amide bonds. The van der Waals surface area contributed by atoms with Crippen molar-refractivity contribution in [1.29, 1.82) is 0 Å². The molecular formula is C13H19BrN2O. The molecule has 3 N–H and O–H groups in total. The van der Waals surface area contributed by atoms with Crippen molar-refractivity contribution in [2.75, 3.05) is 0 Å². The average Bonchev–Trinajstić information content (AvgIpc) is 3.17. The summed E-state index contributed by atoms with van der Waals surface area (Å²) in [5, 5.41) is 12.4. The molecule has 1 atom stereocenters. The zero-order chi connectivity index (χ0) is 12.5. The molecule has 0 aromatic rings. The molecule has 0 radical (unpaired) electrons. The highest BCUT2D eigenvalue weighted by atomic mass is 79.9. The van der Waals surface area contributed by atoms with Crippen LogP contribution in [0.15, 0.2) is 27.4 Å². The maximum atomic E-state index is 9.07. The molecule has 0 bridgehead atoms. The number of nitrogens with two attached hydrogens (primary N) is 1. The highest BCUT2D eigenvalue weighted by Crippen LogP contribution is 2.54. The van der Waals surface area contributed by atoms with E-state index in [1.807, 2.05) is 0 Å². The number of allylic oxidation sites excluding steroid dienone is 3. The molecule has 1 fully saturated rings. The first-order valence-electron chi connectivity index (χ1n) is 6.18. The van der Waals surface area contributed by atoms with Crippen LogP contribution in [0.1, 0.15) is 39.0 Å². The molecule has 0 aliphatic heterocycles.